The number of anilines is 1. The van der Waals surface area contributed by atoms with Gasteiger partial charge in [0.25, 0.3) is 0 Å². The Morgan fingerprint density at radius 2 is 1.52 bits per heavy atom. The van der Waals surface area contributed by atoms with Crippen molar-refractivity contribution >= 4 is 29.0 Å². The monoisotopic (exact) mass is 442 g/mol. The highest BCUT2D eigenvalue weighted by atomic mass is 32.1. The Bertz CT molecular complexity index is 1030. The van der Waals surface area contributed by atoms with Crippen LogP contribution in [0.2, 0.25) is 0 Å². The van der Waals surface area contributed by atoms with Gasteiger partial charge in [-0.15, -0.1) is 0 Å². The summed E-state index contributed by atoms with van der Waals surface area (Å²) in [6, 6.07) is 10.8. The Labute approximate surface area is 187 Å². The molecule has 0 saturated carbocycles. The van der Waals surface area contributed by atoms with E-state index >= 15 is 0 Å². The highest BCUT2D eigenvalue weighted by Crippen LogP contribution is 2.42. The summed E-state index contributed by atoms with van der Waals surface area (Å²) in [4.78, 5) is 14.7. The van der Waals surface area contributed by atoms with E-state index in [0.717, 1.165) is 11.3 Å². The Kier molecular flexibility index (Phi) is 6.70. The lowest BCUT2D eigenvalue weighted by Crippen LogP contribution is -2.48. The lowest BCUT2D eigenvalue weighted by molar-refractivity contribution is -0.136. The van der Waals surface area contributed by atoms with E-state index < -0.39 is 12.0 Å². The van der Waals surface area contributed by atoms with Gasteiger partial charge in [-0.2, -0.15) is 0 Å². The van der Waals surface area contributed by atoms with E-state index in [1.54, 1.807) is 33.5 Å². The average Bonchev–Trinajstić information content (AvgIpc) is 2.78. The summed E-state index contributed by atoms with van der Waals surface area (Å²) in [7, 11) is 6.01. The number of ether oxygens (including phenoxy) is 4. The molecule has 1 N–H and O–H groups in total. The lowest BCUT2D eigenvalue weighted by atomic mass is 9.93. The van der Waals surface area contributed by atoms with Crippen LogP contribution in [0.1, 0.15) is 24.1 Å². The number of nitrogens with zero attached hydrogens (tertiary/aromatic N) is 1. The molecule has 1 aliphatic heterocycles. The van der Waals surface area contributed by atoms with Gasteiger partial charge in [0.05, 0.1) is 40.1 Å². The number of carbonyl (C=O) groups is 1. The van der Waals surface area contributed by atoms with E-state index in [1.165, 1.54) is 7.11 Å². The van der Waals surface area contributed by atoms with Crippen molar-refractivity contribution in [2.75, 3.05) is 33.3 Å². The molecule has 1 atom stereocenters. The summed E-state index contributed by atoms with van der Waals surface area (Å²) < 4.78 is 21.6. The Hall–Kier alpha value is -3.26. The van der Waals surface area contributed by atoms with Gasteiger partial charge in [0, 0.05) is 23.0 Å². The van der Waals surface area contributed by atoms with Crippen LogP contribution in [0.5, 0.6) is 17.2 Å². The number of hydrogen-bond donors (Lipinski definition) is 1. The molecule has 2 aromatic rings. The summed E-state index contributed by atoms with van der Waals surface area (Å²) in [6.45, 7) is 3.86. The molecule has 7 nitrogen and oxygen atoms in total. The molecule has 0 aliphatic carbocycles. The third-order valence-electron chi connectivity index (χ3n) is 5.23. The van der Waals surface area contributed by atoms with Crippen LogP contribution >= 0.6 is 12.2 Å². The lowest BCUT2D eigenvalue weighted by Gasteiger charge is -2.38. The van der Waals surface area contributed by atoms with Crippen molar-refractivity contribution in [2.45, 2.75) is 19.9 Å². The maximum atomic E-state index is 12.9. The molecule has 0 amide bonds. The second-order valence-electron chi connectivity index (χ2n) is 6.99. The molecule has 0 aromatic heterocycles. The van der Waals surface area contributed by atoms with Crippen molar-refractivity contribution < 1.29 is 23.7 Å². The van der Waals surface area contributed by atoms with Crippen molar-refractivity contribution in [2.24, 2.45) is 0 Å². The first-order chi connectivity index (χ1) is 14.9. The van der Waals surface area contributed by atoms with Gasteiger partial charge in [0.2, 0.25) is 0 Å². The number of thiocarbonyl (C=S) groups is 1. The highest BCUT2D eigenvalue weighted by molar-refractivity contribution is 7.80. The van der Waals surface area contributed by atoms with E-state index in [9.17, 15) is 4.79 Å². The van der Waals surface area contributed by atoms with Gasteiger partial charge in [-0.3, -0.25) is 4.90 Å². The topological polar surface area (TPSA) is 69.3 Å². The van der Waals surface area contributed by atoms with Gasteiger partial charge in [0.15, 0.2) is 16.6 Å². The standard InChI is InChI=1S/C23H26N2O5S/c1-13-7-9-15(10-8-13)25-14(2)20(22(26)30-6)21(24-23(25)31)16-11-18(28-4)19(29-5)12-17(16)27-3/h7-12,21H,1-6H3,(H,24,31). The minimum atomic E-state index is -0.601. The molecule has 0 saturated heterocycles. The van der Waals surface area contributed by atoms with E-state index in [4.69, 9.17) is 31.2 Å². The SMILES string of the molecule is COC(=O)C1=C(C)N(c2ccc(C)cc2)C(=S)NC1c1cc(OC)c(OC)cc1OC. The average molecular weight is 443 g/mol. The summed E-state index contributed by atoms with van der Waals surface area (Å²) in [5, 5.41) is 3.73. The summed E-state index contributed by atoms with van der Waals surface area (Å²) in [5.41, 5.74) is 3.73. The predicted molar refractivity (Wildman–Crippen MR) is 123 cm³/mol. The fourth-order valence-electron chi connectivity index (χ4n) is 3.63. The maximum absolute atomic E-state index is 12.9. The first kappa shape index (κ1) is 22.4. The smallest absolute Gasteiger partial charge is 0.337 e. The molecular formula is C23H26N2O5S. The molecule has 164 valence electrons. The molecule has 1 unspecified atom stereocenters. The fraction of sp³-hybridized carbons (Fsp3) is 0.304. The largest absolute Gasteiger partial charge is 0.496 e. The number of methoxy groups -OCH3 is 4. The first-order valence-electron chi connectivity index (χ1n) is 9.62. The number of allylic oxidation sites excluding steroid dienone is 1. The van der Waals surface area contributed by atoms with Crippen molar-refractivity contribution in [1.29, 1.82) is 0 Å². The van der Waals surface area contributed by atoms with Crippen LogP contribution in [0.25, 0.3) is 0 Å². The first-order valence-corrected chi connectivity index (χ1v) is 10.0. The minimum absolute atomic E-state index is 0.419. The van der Waals surface area contributed by atoms with Crippen molar-refractivity contribution in [3.05, 3.63) is 58.8 Å². The number of aryl methyl sites for hydroxylation is 1. The van der Waals surface area contributed by atoms with Crippen LogP contribution in [-0.2, 0) is 9.53 Å². The Morgan fingerprint density at radius 3 is 2.06 bits per heavy atom. The molecule has 31 heavy (non-hydrogen) atoms. The van der Waals surface area contributed by atoms with Gasteiger partial charge in [-0.25, -0.2) is 4.79 Å². The molecule has 1 heterocycles. The number of benzene rings is 2. The predicted octanol–water partition coefficient (Wildman–Crippen LogP) is 3.90. The van der Waals surface area contributed by atoms with E-state index in [1.807, 2.05) is 43.0 Å². The second kappa shape index (κ2) is 9.26. The highest BCUT2D eigenvalue weighted by Gasteiger charge is 2.37. The Balaban J connectivity index is 2.21. The molecule has 0 bridgehead atoms. The summed E-state index contributed by atoms with van der Waals surface area (Å²) >= 11 is 5.69. The van der Waals surface area contributed by atoms with Crippen LogP contribution in [0.4, 0.5) is 5.69 Å². The minimum Gasteiger partial charge on any atom is -0.496 e. The number of nitrogens with one attached hydrogen (secondary N) is 1. The van der Waals surface area contributed by atoms with E-state index in [-0.39, 0.29) is 0 Å². The summed E-state index contributed by atoms with van der Waals surface area (Å²) in [5.74, 6) is 1.08. The van der Waals surface area contributed by atoms with Crippen LogP contribution in [0.15, 0.2) is 47.7 Å². The molecule has 0 fully saturated rings. The van der Waals surface area contributed by atoms with Crippen LogP contribution in [0, 0.1) is 6.92 Å². The van der Waals surface area contributed by atoms with Gasteiger partial charge in [-0.1, -0.05) is 17.7 Å². The van der Waals surface area contributed by atoms with E-state index in [0.29, 0.717) is 39.2 Å². The number of rotatable bonds is 6. The second-order valence-corrected chi connectivity index (χ2v) is 7.38. The van der Waals surface area contributed by atoms with Gasteiger partial charge < -0.3 is 24.3 Å². The van der Waals surface area contributed by atoms with Crippen LogP contribution in [0.3, 0.4) is 0 Å². The fourth-order valence-corrected chi connectivity index (χ4v) is 3.99. The molecule has 0 radical (unpaired) electrons. The third kappa shape index (κ3) is 4.16. The zero-order chi connectivity index (χ0) is 22.7. The zero-order valence-electron chi connectivity index (χ0n) is 18.4. The zero-order valence-corrected chi connectivity index (χ0v) is 19.3. The quantitative estimate of drug-likeness (QED) is 0.534. The summed E-state index contributed by atoms with van der Waals surface area (Å²) in [6.07, 6.45) is 0. The molecular weight excluding hydrogens is 416 g/mol. The molecule has 8 heteroatoms. The van der Waals surface area contributed by atoms with E-state index in [2.05, 4.69) is 5.32 Å². The van der Waals surface area contributed by atoms with Crippen LogP contribution in [-0.4, -0.2) is 39.5 Å². The van der Waals surface area contributed by atoms with Gasteiger partial charge in [-0.05, 0) is 44.3 Å². The van der Waals surface area contributed by atoms with Crippen molar-refractivity contribution in [3.63, 3.8) is 0 Å². The molecule has 3 rings (SSSR count). The molecule has 2 aromatic carbocycles. The van der Waals surface area contributed by atoms with Crippen molar-refractivity contribution in [1.82, 2.24) is 5.32 Å². The normalized spacial score (nSPS) is 16.0. The number of carbonyl (C=O) groups excluding carboxylic acids is 1. The number of hydrogen-bond acceptors (Lipinski definition) is 6. The van der Waals surface area contributed by atoms with Gasteiger partial charge in [0.1, 0.15) is 5.75 Å². The number of esters is 1. The van der Waals surface area contributed by atoms with Crippen LogP contribution < -0.4 is 24.4 Å². The Morgan fingerprint density at radius 1 is 0.935 bits per heavy atom. The maximum Gasteiger partial charge on any atom is 0.337 e. The van der Waals surface area contributed by atoms with Crippen molar-refractivity contribution in [3.8, 4) is 17.2 Å². The third-order valence-corrected chi connectivity index (χ3v) is 5.53. The molecule has 0 spiro atoms. The molecule has 1 aliphatic rings. The van der Waals surface area contributed by atoms with Gasteiger partial charge >= 0.3 is 5.97 Å².